The number of carboxylic acid groups (broad SMARTS) is 1. The Bertz CT molecular complexity index is 476. The first-order valence-corrected chi connectivity index (χ1v) is 6.15. The number of nitrogens with one attached hydrogen (secondary N) is 1. The summed E-state index contributed by atoms with van der Waals surface area (Å²) in [7, 11) is 1.44. The highest BCUT2D eigenvalue weighted by molar-refractivity contribution is 9.10. The van der Waals surface area contributed by atoms with Gasteiger partial charge in [-0.3, -0.25) is 0 Å². The Morgan fingerprint density at radius 1 is 1.44 bits per heavy atom. The van der Waals surface area contributed by atoms with E-state index in [1.165, 1.54) is 14.0 Å². The molecule has 18 heavy (non-hydrogen) atoms. The predicted octanol–water partition coefficient (Wildman–Crippen LogP) is 2.69. The van der Waals surface area contributed by atoms with E-state index in [0.717, 1.165) is 14.9 Å². The van der Waals surface area contributed by atoms with E-state index in [1.807, 2.05) is 19.1 Å². The molecular weight excluding hydrogens is 300 g/mol. The zero-order valence-corrected chi connectivity index (χ0v) is 12.0. The summed E-state index contributed by atoms with van der Waals surface area (Å²) in [6.07, 6.45) is 0. The number of aryl methyl sites for hydroxylation is 1. The molecule has 0 bridgehead atoms. The Labute approximate surface area is 114 Å². The second kappa shape index (κ2) is 5.86. The zero-order chi connectivity index (χ0) is 13.9. The quantitative estimate of drug-likeness (QED) is 0.901. The minimum Gasteiger partial charge on any atom is -0.480 e. The van der Waals surface area contributed by atoms with Gasteiger partial charge in [-0.1, -0.05) is 6.07 Å². The van der Waals surface area contributed by atoms with Gasteiger partial charge in [0.2, 0.25) is 0 Å². The lowest BCUT2D eigenvalue weighted by Gasteiger charge is -2.22. The lowest BCUT2D eigenvalue weighted by Crippen LogP contribution is -2.42. The van der Waals surface area contributed by atoms with Crippen LogP contribution in [0.25, 0.3) is 0 Å². The molecule has 98 valence electrons. The number of amides is 2. The van der Waals surface area contributed by atoms with E-state index < -0.39 is 18.0 Å². The van der Waals surface area contributed by atoms with Crippen molar-refractivity contribution < 1.29 is 14.7 Å². The Kier molecular flexibility index (Phi) is 4.72. The van der Waals surface area contributed by atoms with E-state index in [0.29, 0.717) is 5.69 Å². The second-order valence-electron chi connectivity index (χ2n) is 4.04. The highest BCUT2D eigenvalue weighted by Crippen LogP contribution is 2.23. The second-order valence-corrected chi connectivity index (χ2v) is 4.89. The van der Waals surface area contributed by atoms with Crippen LogP contribution in [0.3, 0.4) is 0 Å². The van der Waals surface area contributed by atoms with Gasteiger partial charge < -0.3 is 15.3 Å². The van der Waals surface area contributed by atoms with Crippen molar-refractivity contribution in [2.75, 3.05) is 12.4 Å². The molecule has 1 atom stereocenters. The number of aliphatic carboxylic acids is 1. The third-order valence-corrected chi connectivity index (χ3v) is 3.31. The normalized spacial score (nSPS) is 11.8. The summed E-state index contributed by atoms with van der Waals surface area (Å²) >= 11 is 3.32. The van der Waals surface area contributed by atoms with Crippen LogP contribution in [0.4, 0.5) is 10.5 Å². The third kappa shape index (κ3) is 3.46. The van der Waals surface area contributed by atoms with Crippen molar-refractivity contribution in [2.45, 2.75) is 19.9 Å². The molecule has 0 aliphatic rings. The van der Waals surface area contributed by atoms with Gasteiger partial charge in [0.1, 0.15) is 6.04 Å². The molecule has 0 heterocycles. The fraction of sp³-hybridized carbons (Fsp3) is 0.333. The number of anilines is 1. The maximum atomic E-state index is 11.9. The maximum absolute atomic E-state index is 11.9. The zero-order valence-electron chi connectivity index (χ0n) is 10.4. The first kappa shape index (κ1) is 14.5. The third-order valence-electron chi connectivity index (χ3n) is 2.62. The van der Waals surface area contributed by atoms with Crippen molar-refractivity contribution in [1.29, 1.82) is 0 Å². The first-order valence-electron chi connectivity index (χ1n) is 5.35. The molecule has 2 amide bonds. The number of carbonyl (C=O) groups excluding carboxylic acids is 1. The van der Waals surface area contributed by atoms with E-state index in [2.05, 4.69) is 21.2 Å². The largest absolute Gasteiger partial charge is 0.480 e. The molecule has 0 saturated heterocycles. The first-order chi connectivity index (χ1) is 8.32. The van der Waals surface area contributed by atoms with Crippen LogP contribution >= 0.6 is 15.9 Å². The van der Waals surface area contributed by atoms with Gasteiger partial charge in [-0.05, 0) is 47.5 Å². The molecule has 1 rings (SSSR count). The Morgan fingerprint density at radius 3 is 2.61 bits per heavy atom. The average molecular weight is 315 g/mol. The van der Waals surface area contributed by atoms with Crippen molar-refractivity contribution in [3.8, 4) is 0 Å². The lowest BCUT2D eigenvalue weighted by molar-refractivity contribution is -0.141. The molecule has 0 fully saturated rings. The monoisotopic (exact) mass is 314 g/mol. The number of likely N-dealkylation sites (N-methyl/N-ethyl adjacent to an activating group) is 1. The van der Waals surface area contributed by atoms with Crippen molar-refractivity contribution >= 4 is 33.6 Å². The molecule has 1 aromatic carbocycles. The summed E-state index contributed by atoms with van der Waals surface area (Å²) in [5.41, 5.74) is 1.62. The summed E-state index contributed by atoms with van der Waals surface area (Å²) in [6.45, 7) is 3.36. The number of urea groups is 1. The Balaban J connectivity index is 2.81. The maximum Gasteiger partial charge on any atom is 0.326 e. The van der Waals surface area contributed by atoms with Crippen molar-refractivity contribution in [2.24, 2.45) is 0 Å². The van der Waals surface area contributed by atoms with E-state index in [1.54, 1.807) is 6.07 Å². The summed E-state index contributed by atoms with van der Waals surface area (Å²) in [5, 5.41) is 11.5. The number of hydrogen-bond acceptors (Lipinski definition) is 2. The number of hydrogen-bond donors (Lipinski definition) is 2. The van der Waals surface area contributed by atoms with Crippen LogP contribution in [-0.4, -0.2) is 35.1 Å². The molecule has 0 aliphatic heterocycles. The van der Waals surface area contributed by atoms with Gasteiger partial charge in [0, 0.05) is 11.5 Å². The molecule has 5 nitrogen and oxygen atoms in total. The van der Waals surface area contributed by atoms with Gasteiger partial charge in [-0.25, -0.2) is 9.59 Å². The summed E-state index contributed by atoms with van der Waals surface area (Å²) in [4.78, 5) is 23.8. The molecule has 2 N–H and O–H groups in total. The summed E-state index contributed by atoms with van der Waals surface area (Å²) in [6, 6.07) is 4.20. The topological polar surface area (TPSA) is 69.6 Å². The Morgan fingerprint density at radius 2 is 2.06 bits per heavy atom. The molecule has 0 spiro atoms. The molecule has 0 saturated carbocycles. The lowest BCUT2D eigenvalue weighted by atomic mass is 10.2. The van der Waals surface area contributed by atoms with Crippen LogP contribution in [0.15, 0.2) is 22.7 Å². The molecule has 6 heteroatoms. The van der Waals surface area contributed by atoms with Gasteiger partial charge >= 0.3 is 12.0 Å². The van der Waals surface area contributed by atoms with Crippen LogP contribution in [0, 0.1) is 6.92 Å². The van der Waals surface area contributed by atoms with E-state index in [-0.39, 0.29) is 0 Å². The molecule has 1 aromatic rings. The fourth-order valence-corrected chi connectivity index (χ4v) is 1.63. The molecule has 0 aliphatic carbocycles. The SMILES string of the molecule is Cc1ccc(Br)c(NC(=O)N(C)C(C)C(=O)O)c1. The van der Waals surface area contributed by atoms with Gasteiger partial charge in [-0.15, -0.1) is 0 Å². The van der Waals surface area contributed by atoms with Crippen LogP contribution < -0.4 is 5.32 Å². The van der Waals surface area contributed by atoms with Crippen molar-refractivity contribution in [3.63, 3.8) is 0 Å². The van der Waals surface area contributed by atoms with Gasteiger partial charge in [0.15, 0.2) is 0 Å². The summed E-state index contributed by atoms with van der Waals surface area (Å²) in [5.74, 6) is -1.05. The minimum absolute atomic E-state index is 0.462. The van der Waals surface area contributed by atoms with Gasteiger partial charge in [0.25, 0.3) is 0 Å². The number of halogens is 1. The highest BCUT2D eigenvalue weighted by Gasteiger charge is 2.21. The van der Waals surface area contributed by atoms with Crippen LogP contribution in [0.2, 0.25) is 0 Å². The highest BCUT2D eigenvalue weighted by atomic mass is 79.9. The van der Waals surface area contributed by atoms with Crippen LogP contribution in [0.1, 0.15) is 12.5 Å². The van der Waals surface area contributed by atoms with E-state index in [4.69, 9.17) is 5.11 Å². The predicted molar refractivity (Wildman–Crippen MR) is 72.8 cm³/mol. The van der Waals surface area contributed by atoms with Crippen LogP contribution in [0.5, 0.6) is 0 Å². The minimum atomic E-state index is -1.05. The molecule has 1 unspecified atom stereocenters. The standard InChI is InChI=1S/C12H15BrN2O3/c1-7-4-5-9(13)10(6-7)14-12(18)15(3)8(2)11(16)17/h4-6,8H,1-3H3,(H,14,18)(H,16,17). The number of rotatable bonds is 3. The fourth-order valence-electron chi connectivity index (χ4n) is 1.28. The van der Waals surface area contributed by atoms with E-state index >= 15 is 0 Å². The number of nitrogens with zero attached hydrogens (tertiary/aromatic N) is 1. The van der Waals surface area contributed by atoms with Crippen LogP contribution in [-0.2, 0) is 4.79 Å². The van der Waals surface area contributed by atoms with Crippen molar-refractivity contribution in [3.05, 3.63) is 28.2 Å². The number of carbonyl (C=O) groups is 2. The smallest absolute Gasteiger partial charge is 0.326 e. The number of benzene rings is 1. The molecule has 0 radical (unpaired) electrons. The molecular formula is C12H15BrN2O3. The average Bonchev–Trinajstić information content (AvgIpc) is 2.31. The number of carboxylic acids is 1. The van der Waals surface area contributed by atoms with Crippen molar-refractivity contribution in [1.82, 2.24) is 4.90 Å². The van der Waals surface area contributed by atoms with Gasteiger partial charge in [-0.2, -0.15) is 0 Å². The summed E-state index contributed by atoms with van der Waals surface area (Å²) < 4.78 is 0.748. The van der Waals surface area contributed by atoms with Gasteiger partial charge in [0.05, 0.1) is 5.69 Å². The molecule has 0 aromatic heterocycles. The van der Waals surface area contributed by atoms with E-state index in [9.17, 15) is 9.59 Å². The Hall–Kier alpha value is -1.56.